The summed E-state index contributed by atoms with van der Waals surface area (Å²) in [5.74, 6) is 0.688. The maximum Gasteiger partial charge on any atom is 0.454 e. The van der Waals surface area contributed by atoms with E-state index in [0.717, 1.165) is 11.6 Å². The lowest BCUT2D eigenvalue weighted by Gasteiger charge is -2.12. The number of alkyl halides is 3. The fourth-order valence-electron chi connectivity index (χ4n) is 3.84. The number of fused-ring (bicyclic) bond motifs is 1. The second-order valence-corrected chi connectivity index (χ2v) is 8.85. The van der Waals surface area contributed by atoms with Crippen molar-refractivity contribution in [1.82, 2.24) is 14.5 Å². The Morgan fingerprint density at radius 2 is 1.86 bits per heavy atom. The lowest BCUT2D eigenvalue weighted by Crippen LogP contribution is -2.06. The molecule has 0 saturated heterocycles. The number of pyridine rings is 1. The normalized spacial score (nSPS) is 11.5. The summed E-state index contributed by atoms with van der Waals surface area (Å²) in [7, 11) is -2.93. The number of imidazole rings is 1. The number of hydrogen-bond acceptors (Lipinski definition) is 6. The molecular weight excluding hydrogens is 533 g/mol. The fourth-order valence-corrected chi connectivity index (χ4v) is 4.27. The van der Waals surface area contributed by atoms with Gasteiger partial charge >= 0.3 is 22.8 Å². The Bertz CT molecular complexity index is 1610. The van der Waals surface area contributed by atoms with E-state index in [4.69, 9.17) is 16.3 Å². The van der Waals surface area contributed by atoms with Gasteiger partial charge in [0.2, 0.25) is 0 Å². The summed E-state index contributed by atoms with van der Waals surface area (Å²) >= 11 is 5.96. The van der Waals surface area contributed by atoms with E-state index in [-0.39, 0.29) is 11.3 Å². The molecule has 13 heteroatoms. The van der Waals surface area contributed by atoms with E-state index in [2.05, 4.69) is 14.3 Å². The molecule has 0 N–H and O–H groups in total. The number of ether oxygens (including phenoxy) is 1. The van der Waals surface area contributed by atoms with Crippen LogP contribution in [0, 0.1) is 0 Å². The van der Waals surface area contributed by atoms with E-state index in [0.29, 0.717) is 42.0 Å². The van der Waals surface area contributed by atoms with Crippen LogP contribution in [0.1, 0.15) is 29.6 Å². The molecular formula is C24H18ClF3N4O4S. The summed E-state index contributed by atoms with van der Waals surface area (Å²) in [6, 6.07) is 12.6. The number of carbonyl (C=O) groups is 1. The van der Waals surface area contributed by atoms with Crippen molar-refractivity contribution in [3.8, 4) is 11.4 Å². The number of benzene rings is 2. The summed E-state index contributed by atoms with van der Waals surface area (Å²) in [4.78, 5) is 20.1. The third-order valence-electron chi connectivity index (χ3n) is 5.47. The van der Waals surface area contributed by atoms with Crippen LogP contribution in [0.25, 0.3) is 16.7 Å². The van der Waals surface area contributed by atoms with Gasteiger partial charge in [0, 0.05) is 18.3 Å². The molecule has 0 fully saturated rings. The summed E-state index contributed by atoms with van der Waals surface area (Å²) in [6.07, 6.45) is -2.95. The van der Waals surface area contributed by atoms with Gasteiger partial charge in [-0.2, -0.15) is 21.6 Å². The van der Waals surface area contributed by atoms with Gasteiger partial charge in [-0.25, -0.2) is 9.78 Å². The lowest BCUT2D eigenvalue weighted by molar-refractivity contribution is -0.137. The van der Waals surface area contributed by atoms with Gasteiger partial charge in [0.15, 0.2) is 5.75 Å². The number of rotatable bonds is 6. The van der Waals surface area contributed by atoms with Crippen LogP contribution in [0.2, 0.25) is 5.02 Å². The van der Waals surface area contributed by atoms with E-state index in [1.807, 2.05) is 31.2 Å². The highest BCUT2D eigenvalue weighted by Gasteiger charge is 2.34. The van der Waals surface area contributed by atoms with Crippen LogP contribution in [0.3, 0.4) is 0 Å². The molecule has 0 aliphatic rings. The number of aromatic nitrogens is 3. The SMILES string of the molecule is CCc1nc2cc(C(F)(F)F)c(Cl)cc2n1-c1ccc(CCc2ncccc2OC(=O)N=S(=O)=O)cc1. The molecule has 192 valence electrons. The second kappa shape index (κ2) is 10.7. The van der Waals surface area contributed by atoms with Crippen molar-refractivity contribution in [3.63, 3.8) is 0 Å². The highest BCUT2D eigenvalue weighted by molar-refractivity contribution is 7.62. The second-order valence-electron chi connectivity index (χ2n) is 7.83. The van der Waals surface area contributed by atoms with Gasteiger partial charge in [0.1, 0.15) is 5.82 Å². The first-order chi connectivity index (χ1) is 17.6. The molecule has 0 spiro atoms. The molecule has 37 heavy (non-hydrogen) atoms. The maximum absolute atomic E-state index is 13.3. The Hall–Kier alpha value is -3.77. The van der Waals surface area contributed by atoms with Crippen LogP contribution in [-0.2, 0) is 35.9 Å². The van der Waals surface area contributed by atoms with Crippen molar-refractivity contribution in [2.75, 3.05) is 0 Å². The number of nitrogens with zero attached hydrogens (tertiary/aromatic N) is 4. The molecule has 2 aromatic carbocycles. The van der Waals surface area contributed by atoms with Gasteiger partial charge in [0.05, 0.1) is 27.3 Å². The van der Waals surface area contributed by atoms with E-state index < -0.39 is 33.4 Å². The Kier molecular flexibility index (Phi) is 7.60. The van der Waals surface area contributed by atoms with Crippen molar-refractivity contribution in [2.24, 2.45) is 4.36 Å². The van der Waals surface area contributed by atoms with E-state index in [9.17, 15) is 26.4 Å². The van der Waals surface area contributed by atoms with E-state index in [1.165, 1.54) is 18.3 Å². The van der Waals surface area contributed by atoms with Crippen LogP contribution >= 0.6 is 11.6 Å². The topological polar surface area (TPSA) is 104 Å². The van der Waals surface area contributed by atoms with Gasteiger partial charge in [-0.15, -0.1) is 0 Å². The van der Waals surface area contributed by atoms with Crippen molar-refractivity contribution >= 4 is 39.2 Å². The number of aryl methyl sites for hydroxylation is 3. The highest BCUT2D eigenvalue weighted by atomic mass is 35.5. The molecule has 8 nitrogen and oxygen atoms in total. The van der Waals surface area contributed by atoms with Gasteiger partial charge in [-0.3, -0.25) is 9.55 Å². The summed E-state index contributed by atoms with van der Waals surface area (Å²) < 4.78 is 70.5. The number of halogens is 4. The molecule has 2 heterocycles. The van der Waals surface area contributed by atoms with Crippen LogP contribution in [-0.4, -0.2) is 29.0 Å². The number of amides is 1. The van der Waals surface area contributed by atoms with Crippen LogP contribution in [0.5, 0.6) is 5.75 Å². The van der Waals surface area contributed by atoms with E-state index in [1.54, 1.807) is 10.6 Å². The van der Waals surface area contributed by atoms with Crippen LogP contribution in [0.4, 0.5) is 18.0 Å². The van der Waals surface area contributed by atoms with Gasteiger partial charge in [-0.05, 0) is 54.8 Å². The first-order valence-electron chi connectivity index (χ1n) is 10.9. The predicted octanol–water partition coefficient (Wildman–Crippen LogP) is 6.00. The number of carbonyl (C=O) groups excluding carboxylic acids is 1. The molecule has 4 aromatic rings. The minimum absolute atomic E-state index is 0.103. The largest absolute Gasteiger partial charge is 0.454 e. The van der Waals surface area contributed by atoms with Crippen molar-refractivity contribution < 1.29 is 31.1 Å². The molecule has 0 saturated carbocycles. The summed E-state index contributed by atoms with van der Waals surface area (Å²) in [5.41, 5.74) is 1.79. The Morgan fingerprint density at radius 3 is 2.51 bits per heavy atom. The number of hydrogen-bond donors (Lipinski definition) is 0. The fraction of sp³-hybridized carbons (Fsp3) is 0.208. The van der Waals surface area contributed by atoms with Crippen LogP contribution < -0.4 is 4.74 Å². The molecule has 4 rings (SSSR count). The van der Waals surface area contributed by atoms with Gasteiger partial charge < -0.3 is 4.74 Å². The predicted molar refractivity (Wildman–Crippen MR) is 129 cm³/mol. The van der Waals surface area contributed by atoms with Crippen molar-refractivity contribution in [2.45, 2.75) is 32.4 Å². The van der Waals surface area contributed by atoms with Crippen molar-refractivity contribution in [3.05, 3.63) is 82.4 Å². The monoisotopic (exact) mass is 550 g/mol. The molecule has 0 bridgehead atoms. The molecule has 0 atom stereocenters. The molecule has 1 amide bonds. The standard InChI is InChI=1S/C24H18ClF3N4O4S/c1-2-22-30-19-12-16(24(26,27)28)17(25)13-20(19)32(22)15-8-5-14(6-9-15)7-10-18-21(4-3-11-29-18)36-23(33)31-37(34)35/h3-6,8-9,11-13H,2,7,10H2,1H3. The minimum Gasteiger partial charge on any atom is -0.406 e. The highest BCUT2D eigenvalue weighted by Crippen LogP contribution is 2.38. The average molecular weight is 551 g/mol. The van der Waals surface area contributed by atoms with Crippen LogP contribution in [0.15, 0.2) is 59.1 Å². The Labute approximate surface area is 215 Å². The first kappa shape index (κ1) is 26.3. The zero-order valence-electron chi connectivity index (χ0n) is 19.2. The maximum atomic E-state index is 13.3. The quantitative estimate of drug-likeness (QED) is 0.291. The Morgan fingerprint density at radius 1 is 1.14 bits per heavy atom. The molecule has 0 aliphatic carbocycles. The third-order valence-corrected chi connectivity index (χ3v) is 6.09. The van der Waals surface area contributed by atoms with E-state index >= 15 is 0 Å². The zero-order valence-corrected chi connectivity index (χ0v) is 20.7. The van der Waals surface area contributed by atoms with Crippen molar-refractivity contribution in [1.29, 1.82) is 0 Å². The Balaban J connectivity index is 1.58. The first-order valence-corrected chi connectivity index (χ1v) is 12.3. The average Bonchev–Trinajstić information content (AvgIpc) is 3.19. The lowest BCUT2D eigenvalue weighted by atomic mass is 10.1. The third kappa shape index (κ3) is 5.97. The van der Waals surface area contributed by atoms with Gasteiger partial charge in [0.25, 0.3) is 0 Å². The van der Waals surface area contributed by atoms with Gasteiger partial charge in [-0.1, -0.05) is 35.0 Å². The smallest absolute Gasteiger partial charge is 0.406 e. The summed E-state index contributed by atoms with van der Waals surface area (Å²) in [6.45, 7) is 1.86. The molecule has 0 radical (unpaired) electrons. The molecule has 0 unspecified atom stereocenters. The zero-order chi connectivity index (χ0) is 26.7. The summed E-state index contributed by atoms with van der Waals surface area (Å²) in [5, 5.41) is -0.401. The molecule has 2 aromatic heterocycles. The molecule has 0 aliphatic heterocycles. The minimum atomic E-state index is -4.58.